The molecule has 1 atom stereocenters. The Labute approximate surface area is 86.8 Å². The molecule has 0 aromatic rings. The van der Waals surface area contributed by atoms with Crippen molar-refractivity contribution in [2.75, 3.05) is 34.0 Å². The molecule has 0 saturated heterocycles. The van der Waals surface area contributed by atoms with Gasteiger partial charge in [-0.15, -0.1) is 0 Å². The predicted octanol–water partition coefficient (Wildman–Crippen LogP) is 0.809. The summed E-state index contributed by atoms with van der Waals surface area (Å²) in [6.45, 7) is 3.19. The van der Waals surface area contributed by atoms with Gasteiger partial charge in [-0.3, -0.25) is 0 Å². The molecule has 0 spiro atoms. The Hall–Kier alpha value is -0.160. The number of hydrogen-bond donors (Lipinski definition) is 2. The maximum atomic E-state index is 8.29. The molecule has 1 unspecified atom stereocenters. The summed E-state index contributed by atoms with van der Waals surface area (Å²) in [6.07, 6.45) is 2.75. The monoisotopic (exact) mass is 208 g/mol. The summed E-state index contributed by atoms with van der Waals surface area (Å²) in [7, 11) is 3.30. The maximum Gasteiger partial charge on any atom is 0.0565 e. The molecule has 14 heavy (non-hydrogen) atoms. The first kappa shape index (κ1) is 16.3. The van der Waals surface area contributed by atoms with E-state index in [-0.39, 0.29) is 19.3 Å². The van der Waals surface area contributed by atoms with Gasteiger partial charge in [0, 0.05) is 34.0 Å². The second-order valence-electron chi connectivity index (χ2n) is 2.98. The highest BCUT2D eigenvalue weighted by atomic mass is 16.5. The van der Waals surface area contributed by atoms with Crippen LogP contribution >= 0.6 is 0 Å². The van der Waals surface area contributed by atoms with Gasteiger partial charge in [-0.2, -0.15) is 0 Å². The lowest BCUT2D eigenvalue weighted by Gasteiger charge is -2.04. The molecule has 0 aromatic heterocycles. The minimum atomic E-state index is 0.199. The zero-order chi connectivity index (χ0) is 11.2. The number of aliphatic hydroxyl groups is 2. The molecule has 0 rings (SSSR count). The van der Waals surface area contributed by atoms with Crippen molar-refractivity contribution >= 4 is 0 Å². The molecule has 4 heteroatoms. The third-order valence-electron chi connectivity index (χ3n) is 1.69. The molecule has 0 aliphatic rings. The summed E-state index contributed by atoms with van der Waals surface area (Å²) in [4.78, 5) is 0. The van der Waals surface area contributed by atoms with Crippen LogP contribution in [-0.2, 0) is 9.47 Å². The van der Waals surface area contributed by atoms with Crippen LogP contribution in [0.2, 0.25) is 0 Å². The smallest absolute Gasteiger partial charge is 0.0565 e. The Balaban J connectivity index is 0. The van der Waals surface area contributed by atoms with E-state index in [1.807, 2.05) is 6.92 Å². The number of hydrogen-bond acceptors (Lipinski definition) is 4. The molecule has 0 radical (unpaired) electrons. The first-order valence-corrected chi connectivity index (χ1v) is 4.96. The summed E-state index contributed by atoms with van der Waals surface area (Å²) in [5.74, 6) is 0. The molecular formula is C10H24O4. The van der Waals surface area contributed by atoms with E-state index < -0.39 is 0 Å². The molecule has 0 fully saturated rings. The van der Waals surface area contributed by atoms with Gasteiger partial charge >= 0.3 is 0 Å². The zero-order valence-electron chi connectivity index (χ0n) is 9.53. The summed E-state index contributed by atoms with van der Waals surface area (Å²) >= 11 is 0. The zero-order valence-corrected chi connectivity index (χ0v) is 9.53. The maximum absolute atomic E-state index is 8.29. The van der Waals surface area contributed by atoms with Crippen LogP contribution in [0.3, 0.4) is 0 Å². The lowest BCUT2D eigenvalue weighted by molar-refractivity contribution is 0.0917. The normalized spacial score (nSPS) is 11.8. The molecule has 2 N–H and O–H groups in total. The Morgan fingerprint density at radius 2 is 1.71 bits per heavy atom. The van der Waals surface area contributed by atoms with Crippen molar-refractivity contribution in [3.05, 3.63) is 0 Å². The Kier molecular flexibility index (Phi) is 17.8. The number of ether oxygens (including phenoxy) is 2. The van der Waals surface area contributed by atoms with E-state index in [9.17, 15) is 0 Å². The fourth-order valence-electron chi connectivity index (χ4n) is 0.658. The van der Waals surface area contributed by atoms with E-state index in [0.717, 1.165) is 25.9 Å². The Bertz CT molecular complexity index is 84.2. The predicted molar refractivity (Wildman–Crippen MR) is 56.4 cm³/mol. The number of unbranched alkanes of at least 4 members (excludes halogenated alkanes) is 1. The van der Waals surface area contributed by atoms with Gasteiger partial charge in [0.05, 0.1) is 6.10 Å². The first-order valence-electron chi connectivity index (χ1n) is 4.96. The van der Waals surface area contributed by atoms with Gasteiger partial charge in [0.15, 0.2) is 0 Å². The molecule has 4 nitrogen and oxygen atoms in total. The molecule has 0 amide bonds. The topological polar surface area (TPSA) is 58.9 Å². The van der Waals surface area contributed by atoms with Crippen LogP contribution in [0.15, 0.2) is 0 Å². The average molecular weight is 208 g/mol. The number of aliphatic hydroxyl groups excluding tert-OH is 2. The lowest BCUT2D eigenvalue weighted by Crippen LogP contribution is -2.05. The quantitative estimate of drug-likeness (QED) is 0.608. The van der Waals surface area contributed by atoms with Crippen LogP contribution in [0, 0.1) is 0 Å². The third kappa shape index (κ3) is 17.8. The van der Waals surface area contributed by atoms with Crippen molar-refractivity contribution in [3.8, 4) is 0 Å². The van der Waals surface area contributed by atoms with Gasteiger partial charge in [-0.25, -0.2) is 0 Å². The molecule has 0 aromatic carbocycles. The van der Waals surface area contributed by atoms with Gasteiger partial charge in [-0.05, 0) is 26.2 Å². The van der Waals surface area contributed by atoms with Crippen molar-refractivity contribution in [3.63, 3.8) is 0 Å². The van der Waals surface area contributed by atoms with Crippen molar-refractivity contribution in [1.29, 1.82) is 0 Å². The second kappa shape index (κ2) is 15.3. The number of methoxy groups -OCH3 is 2. The molecule has 0 bridgehead atoms. The van der Waals surface area contributed by atoms with Crippen LogP contribution in [0.25, 0.3) is 0 Å². The minimum Gasteiger partial charge on any atom is -0.396 e. The molecular weight excluding hydrogens is 184 g/mol. The van der Waals surface area contributed by atoms with Crippen molar-refractivity contribution < 1.29 is 19.7 Å². The van der Waals surface area contributed by atoms with Crippen molar-refractivity contribution in [2.45, 2.75) is 32.3 Å². The molecule has 88 valence electrons. The summed E-state index contributed by atoms with van der Waals surface area (Å²) in [5, 5.41) is 16.5. The van der Waals surface area contributed by atoms with Gasteiger partial charge in [0.2, 0.25) is 0 Å². The van der Waals surface area contributed by atoms with E-state index in [1.54, 1.807) is 14.2 Å². The fraction of sp³-hybridized carbons (Fsp3) is 1.00. The van der Waals surface area contributed by atoms with E-state index in [4.69, 9.17) is 19.7 Å². The standard InChI is InChI=1S/2C5H12O2/c1-5(7-2)3-4-6;1-7-5-3-2-4-6/h5-6H,3-4H2,1-2H3;6H,2-5H2,1H3. The largest absolute Gasteiger partial charge is 0.396 e. The number of rotatable bonds is 7. The molecule has 0 aliphatic heterocycles. The minimum absolute atomic E-state index is 0.199. The Morgan fingerprint density at radius 1 is 1.07 bits per heavy atom. The van der Waals surface area contributed by atoms with Gasteiger partial charge < -0.3 is 19.7 Å². The molecule has 0 saturated carbocycles. The van der Waals surface area contributed by atoms with Gasteiger partial charge in [0.1, 0.15) is 0 Å². The van der Waals surface area contributed by atoms with E-state index >= 15 is 0 Å². The van der Waals surface area contributed by atoms with E-state index in [1.165, 1.54) is 0 Å². The van der Waals surface area contributed by atoms with Crippen LogP contribution in [0.4, 0.5) is 0 Å². The third-order valence-corrected chi connectivity index (χ3v) is 1.69. The van der Waals surface area contributed by atoms with Crippen LogP contribution in [0.5, 0.6) is 0 Å². The summed E-state index contributed by atoms with van der Waals surface area (Å²) in [6, 6.07) is 0. The average Bonchev–Trinajstić information content (AvgIpc) is 2.20. The van der Waals surface area contributed by atoms with Crippen LogP contribution < -0.4 is 0 Å². The highest BCUT2D eigenvalue weighted by Gasteiger charge is 1.93. The molecule has 0 aliphatic carbocycles. The van der Waals surface area contributed by atoms with Gasteiger partial charge in [0.25, 0.3) is 0 Å². The fourth-order valence-corrected chi connectivity index (χ4v) is 0.658. The van der Waals surface area contributed by atoms with Crippen LogP contribution in [-0.4, -0.2) is 50.4 Å². The summed E-state index contributed by atoms with van der Waals surface area (Å²) < 4.78 is 9.56. The van der Waals surface area contributed by atoms with Gasteiger partial charge in [-0.1, -0.05) is 0 Å². The van der Waals surface area contributed by atoms with Crippen LogP contribution in [0.1, 0.15) is 26.2 Å². The van der Waals surface area contributed by atoms with E-state index in [2.05, 4.69) is 0 Å². The van der Waals surface area contributed by atoms with Crippen molar-refractivity contribution in [1.82, 2.24) is 0 Å². The second-order valence-corrected chi connectivity index (χ2v) is 2.98. The van der Waals surface area contributed by atoms with Crippen molar-refractivity contribution in [2.24, 2.45) is 0 Å². The highest BCUT2D eigenvalue weighted by molar-refractivity contribution is 4.44. The first-order chi connectivity index (χ1) is 6.72. The molecule has 0 heterocycles. The van der Waals surface area contributed by atoms with E-state index in [0.29, 0.717) is 0 Å². The summed E-state index contributed by atoms with van der Waals surface area (Å²) in [5.41, 5.74) is 0. The Morgan fingerprint density at radius 3 is 2.00 bits per heavy atom. The lowest BCUT2D eigenvalue weighted by atomic mass is 10.3. The highest BCUT2D eigenvalue weighted by Crippen LogP contribution is 1.91. The SMILES string of the molecule is COC(C)CCO.COCCCCO.